The number of para-hydroxylation sites is 1. The lowest BCUT2D eigenvalue weighted by atomic mass is 9.99. The number of methoxy groups -OCH3 is 1. The van der Waals surface area contributed by atoms with E-state index in [0.717, 1.165) is 36.8 Å². The van der Waals surface area contributed by atoms with E-state index < -0.39 is 11.5 Å². The third-order valence-corrected chi connectivity index (χ3v) is 6.21. The van der Waals surface area contributed by atoms with Crippen molar-refractivity contribution in [3.05, 3.63) is 48.0 Å². The van der Waals surface area contributed by atoms with Crippen molar-refractivity contribution in [2.75, 3.05) is 7.11 Å². The van der Waals surface area contributed by atoms with Gasteiger partial charge in [0.25, 0.3) is 0 Å². The predicted octanol–water partition coefficient (Wildman–Crippen LogP) is 4.77. The molecule has 2 bridgehead atoms. The summed E-state index contributed by atoms with van der Waals surface area (Å²) in [5, 5.41) is 0. The molecule has 7 nitrogen and oxygen atoms in total. The minimum atomic E-state index is -0.520. The lowest BCUT2D eigenvalue weighted by molar-refractivity contribution is -0.00709. The Morgan fingerprint density at radius 1 is 1.03 bits per heavy atom. The maximum atomic E-state index is 12.7. The molecule has 0 radical (unpaired) electrons. The fourth-order valence-electron chi connectivity index (χ4n) is 4.88. The second-order valence-corrected chi connectivity index (χ2v) is 9.79. The maximum absolute atomic E-state index is 12.7. The van der Waals surface area contributed by atoms with Gasteiger partial charge in [-0.1, -0.05) is 18.2 Å². The van der Waals surface area contributed by atoms with E-state index in [1.807, 2.05) is 56.0 Å². The largest absolute Gasteiger partial charge is 0.496 e. The van der Waals surface area contributed by atoms with Gasteiger partial charge < -0.3 is 24.8 Å². The first-order valence-electron chi connectivity index (χ1n) is 11.4. The van der Waals surface area contributed by atoms with Gasteiger partial charge in [0.1, 0.15) is 23.2 Å². The summed E-state index contributed by atoms with van der Waals surface area (Å²) in [5.74, 6) is 0.771. The number of carbonyl (C=O) groups excluding carboxylic acids is 2. The summed E-state index contributed by atoms with van der Waals surface area (Å²) in [4.78, 5) is 26.6. The van der Waals surface area contributed by atoms with E-state index in [-0.39, 0.29) is 24.3 Å². The van der Waals surface area contributed by atoms with Crippen LogP contribution in [-0.2, 0) is 4.74 Å². The molecule has 2 aliphatic rings. The summed E-state index contributed by atoms with van der Waals surface area (Å²) in [5.41, 5.74) is 7.12. The Morgan fingerprint density at radius 3 is 2.30 bits per heavy atom. The number of piperidine rings is 1. The van der Waals surface area contributed by atoms with Crippen molar-refractivity contribution in [3.8, 4) is 22.6 Å². The van der Waals surface area contributed by atoms with Gasteiger partial charge in [-0.3, -0.25) is 4.79 Å². The molecule has 2 N–H and O–H groups in total. The molecule has 0 aliphatic carbocycles. The van der Waals surface area contributed by atoms with Gasteiger partial charge in [-0.05, 0) is 63.4 Å². The Bertz CT molecular complexity index is 1030. The number of ether oxygens (including phenoxy) is 3. The van der Waals surface area contributed by atoms with Crippen LogP contribution in [0.15, 0.2) is 42.5 Å². The summed E-state index contributed by atoms with van der Waals surface area (Å²) in [6.45, 7) is 5.65. The first kappa shape index (κ1) is 23.0. The van der Waals surface area contributed by atoms with Crippen LogP contribution in [0.4, 0.5) is 4.79 Å². The molecule has 0 saturated carbocycles. The van der Waals surface area contributed by atoms with E-state index >= 15 is 0 Å². The molecule has 2 aromatic carbocycles. The SMILES string of the molecule is COc1ccccc1-c1cc(OC2CC3CCC(C2)N3C(=O)OC(C)(C)C)cc(C(N)=O)c1. The van der Waals surface area contributed by atoms with Gasteiger partial charge in [0.15, 0.2) is 0 Å². The van der Waals surface area contributed by atoms with Crippen LogP contribution in [0, 0.1) is 0 Å². The van der Waals surface area contributed by atoms with E-state index in [1.165, 1.54) is 0 Å². The lowest BCUT2D eigenvalue weighted by Gasteiger charge is -2.39. The van der Waals surface area contributed by atoms with Gasteiger partial charge in [0.05, 0.1) is 7.11 Å². The Labute approximate surface area is 194 Å². The first-order valence-corrected chi connectivity index (χ1v) is 11.4. The van der Waals surface area contributed by atoms with Crippen LogP contribution in [0.25, 0.3) is 11.1 Å². The van der Waals surface area contributed by atoms with E-state index in [9.17, 15) is 9.59 Å². The van der Waals surface area contributed by atoms with Crippen LogP contribution in [0.3, 0.4) is 0 Å². The third-order valence-electron chi connectivity index (χ3n) is 6.21. The molecule has 2 unspecified atom stereocenters. The third kappa shape index (κ3) is 5.07. The zero-order chi connectivity index (χ0) is 23.8. The highest BCUT2D eigenvalue weighted by Crippen LogP contribution is 2.39. The zero-order valence-electron chi connectivity index (χ0n) is 19.7. The van der Waals surface area contributed by atoms with Crippen molar-refractivity contribution < 1.29 is 23.8 Å². The number of benzene rings is 2. The van der Waals surface area contributed by atoms with Crippen LogP contribution in [0.1, 0.15) is 56.8 Å². The number of nitrogens with two attached hydrogens (primary N) is 1. The summed E-state index contributed by atoms with van der Waals surface area (Å²) >= 11 is 0. The van der Waals surface area contributed by atoms with Crippen molar-refractivity contribution in [2.24, 2.45) is 5.73 Å². The second kappa shape index (κ2) is 8.96. The Balaban J connectivity index is 1.55. The van der Waals surface area contributed by atoms with E-state index in [2.05, 4.69) is 0 Å². The van der Waals surface area contributed by atoms with Crippen LogP contribution in [-0.4, -0.2) is 47.8 Å². The second-order valence-electron chi connectivity index (χ2n) is 9.79. The normalized spacial score (nSPS) is 22.1. The van der Waals surface area contributed by atoms with Crippen LogP contribution in [0.2, 0.25) is 0 Å². The number of rotatable bonds is 5. The number of primary amides is 1. The summed E-state index contributed by atoms with van der Waals surface area (Å²) in [7, 11) is 1.61. The zero-order valence-corrected chi connectivity index (χ0v) is 19.7. The quantitative estimate of drug-likeness (QED) is 0.706. The number of fused-ring (bicyclic) bond motifs is 2. The molecule has 176 valence electrons. The van der Waals surface area contributed by atoms with Crippen LogP contribution in [0.5, 0.6) is 11.5 Å². The Kier molecular flexibility index (Phi) is 6.23. The van der Waals surface area contributed by atoms with Gasteiger partial charge in [-0.25, -0.2) is 4.79 Å². The Hall–Kier alpha value is -3.22. The highest BCUT2D eigenvalue weighted by molar-refractivity contribution is 5.95. The number of nitrogens with zero attached hydrogens (tertiary/aromatic N) is 1. The predicted molar refractivity (Wildman–Crippen MR) is 125 cm³/mol. The van der Waals surface area contributed by atoms with E-state index in [0.29, 0.717) is 17.1 Å². The average molecular weight is 453 g/mol. The average Bonchev–Trinajstić information content (AvgIpc) is 3.03. The molecular weight excluding hydrogens is 420 g/mol. The number of hydrogen-bond acceptors (Lipinski definition) is 5. The highest BCUT2D eigenvalue weighted by atomic mass is 16.6. The van der Waals surface area contributed by atoms with Gasteiger partial charge in [0, 0.05) is 36.1 Å². The summed E-state index contributed by atoms with van der Waals surface area (Å²) in [6.07, 6.45) is 3.02. The number of carbonyl (C=O) groups is 2. The van der Waals surface area contributed by atoms with E-state index in [1.54, 1.807) is 19.2 Å². The molecule has 33 heavy (non-hydrogen) atoms. The fourth-order valence-corrected chi connectivity index (χ4v) is 4.88. The lowest BCUT2D eigenvalue weighted by Crippen LogP contribution is -2.50. The molecule has 2 amide bonds. The molecule has 2 atom stereocenters. The fraction of sp³-hybridized carbons (Fsp3) is 0.462. The van der Waals surface area contributed by atoms with Crippen molar-refractivity contribution in [1.29, 1.82) is 0 Å². The van der Waals surface area contributed by atoms with Gasteiger partial charge in [0.2, 0.25) is 5.91 Å². The molecule has 2 heterocycles. The van der Waals surface area contributed by atoms with E-state index in [4.69, 9.17) is 19.9 Å². The molecule has 2 fully saturated rings. The smallest absolute Gasteiger partial charge is 0.410 e. The first-order chi connectivity index (χ1) is 15.6. The molecule has 2 aliphatic heterocycles. The van der Waals surface area contributed by atoms with Crippen molar-refractivity contribution in [2.45, 2.75) is 70.2 Å². The van der Waals surface area contributed by atoms with Crippen molar-refractivity contribution >= 4 is 12.0 Å². The van der Waals surface area contributed by atoms with Gasteiger partial charge in [-0.15, -0.1) is 0 Å². The maximum Gasteiger partial charge on any atom is 0.410 e. The van der Waals surface area contributed by atoms with Crippen LogP contribution >= 0.6 is 0 Å². The highest BCUT2D eigenvalue weighted by Gasteiger charge is 2.45. The number of amides is 2. The monoisotopic (exact) mass is 452 g/mol. The van der Waals surface area contributed by atoms with Crippen molar-refractivity contribution in [1.82, 2.24) is 4.90 Å². The molecule has 7 heteroatoms. The summed E-state index contributed by atoms with van der Waals surface area (Å²) in [6, 6.07) is 13.1. The molecular formula is C26H32N2O5. The molecule has 2 saturated heterocycles. The number of hydrogen-bond donors (Lipinski definition) is 1. The van der Waals surface area contributed by atoms with Crippen molar-refractivity contribution in [3.63, 3.8) is 0 Å². The topological polar surface area (TPSA) is 91.1 Å². The molecule has 0 spiro atoms. The standard InChI is InChI=1S/C26H32N2O5/c1-26(2,3)33-25(30)28-18-9-10-19(28)15-21(14-18)32-20-12-16(11-17(13-20)24(27)29)22-7-5-6-8-23(22)31-4/h5-8,11-13,18-19,21H,9-10,14-15H2,1-4H3,(H2,27,29). The Morgan fingerprint density at radius 2 is 1.70 bits per heavy atom. The summed E-state index contributed by atoms with van der Waals surface area (Å²) < 4.78 is 17.5. The minimum absolute atomic E-state index is 0.0603. The molecule has 4 rings (SSSR count). The van der Waals surface area contributed by atoms with Gasteiger partial charge in [-0.2, -0.15) is 0 Å². The minimum Gasteiger partial charge on any atom is -0.496 e. The molecule has 2 aromatic rings. The van der Waals surface area contributed by atoms with Crippen LogP contribution < -0.4 is 15.2 Å². The van der Waals surface area contributed by atoms with Gasteiger partial charge >= 0.3 is 6.09 Å². The molecule has 0 aromatic heterocycles.